The number of thiazole rings is 1. The van der Waals surface area contributed by atoms with Gasteiger partial charge in [0.05, 0.1) is 6.04 Å². The van der Waals surface area contributed by atoms with Gasteiger partial charge >= 0.3 is 0 Å². The lowest BCUT2D eigenvalue weighted by Crippen LogP contribution is -2.29. The number of fused-ring (bicyclic) bond motifs is 1. The second kappa shape index (κ2) is 7.48. The van der Waals surface area contributed by atoms with Crippen LogP contribution in [0, 0.1) is 6.92 Å². The lowest BCUT2D eigenvalue weighted by atomic mass is 10.2. The highest BCUT2D eigenvalue weighted by Gasteiger charge is 2.23. The van der Waals surface area contributed by atoms with E-state index < -0.39 is 0 Å². The van der Waals surface area contributed by atoms with Crippen LogP contribution in [-0.2, 0) is 19.6 Å². The van der Waals surface area contributed by atoms with Gasteiger partial charge in [0.1, 0.15) is 28.9 Å². The molecule has 1 aliphatic heterocycles. The van der Waals surface area contributed by atoms with Crippen LogP contribution < -0.4 is 10.1 Å². The number of benzene rings is 1. The minimum absolute atomic E-state index is 0.212. The second-order valence-corrected chi connectivity index (χ2v) is 7.60. The number of carbonyl (C=O) groups is 1. The van der Waals surface area contributed by atoms with Crippen LogP contribution in [0.4, 0.5) is 0 Å². The first-order chi connectivity index (χ1) is 13.1. The average Bonchev–Trinajstić information content (AvgIpc) is 3.37. The van der Waals surface area contributed by atoms with Gasteiger partial charge in [-0.05, 0) is 32.4 Å². The van der Waals surface area contributed by atoms with E-state index in [0.29, 0.717) is 12.3 Å². The van der Waals surface area contributed by atoms with Crippen molar-refractivity contribution in [3.63, 3.8) is 0 Å². The Balaban J connectivity index is 1.36. The molecule has 1 amide bonds. The molecule has 0 saturated heterocycles. The predicted octanol–water partition coefficient (Wildman–Crippen LogP) is 3.06. The molecule has 0 fully saturated rings. The number of aryl methyl sites for hydroxylation is 2. The summed E-state index contributed by atoms with van der Waals surface area (Å²) in [7, 11) is 0. The number of nitrogens with one attached hydrogen (secondary N) is 1. The van der Waals surface area contributed by atoms with E-state index in [1.165, 1.54) is 16.9 Å². The number of amides is 1. The van der Waals surface area contributed by atoms with Gasteiger partial charge in [0.25, 0.3) is 5.91 Å². The topological polar surface area (TPSA) is 81.9 Å². The second-order valence-electron chi connectivity index (χ2n) is 6.65. The molecule has 27 heavy (non-hydrogen) atoms. The minimum atomic E-state index is -0.217. The van der Waals surface area contributed by atoms with Crippen LogP contribution in [0.3, 0.4) is 0 Å². The Kier molecular flexibility index (Phi) is 4.89. The van der Waals surface area contributed by atoms with Crippen molar-refractivity contribution in [1.82, 2.24) is 25.1 Å². The largest absolute Gasteiger partial charge is 0.486 e. The Morgan fingerprint density at radius 2 is 2.15 bits per heavy atom. The first kappa shape index (κ1) is 17.7. The lowest BCUT2D eigenvalue weighted by molar-refractivity contribution is 0.0933. The highest BCUT2D eigenvalue weighted by atomic mass is 32.1. The molecule has 0 unspecified atom stereocenters. The third-order valence-corrected chi connectivity index (χ3v) is 5.36. The van der Waals surface area contributed by atoms with Crippen LogP contribution in [0.2, 0.25) is 0 Å². The molecule has 2 aromatic heterocycles. The normalized spacial score (nSPS) is 14.0. The first-order valence-corrected chi connectivity index (χ1v) is 9.85. The summed E-state index contributed by atoms with van der Waals surface area (Å²) in [5.41, 5.74) is 1.58. The molecule has 1 aliphatic rings. The van der Waals surface area contributed by atoms with E-state index >= 15 is 0 Å². The monoisotopic (exact) mass is 383 g/mol. The molecule has 1 aromatic carbocycles. The zero-order valence-electron chi connectivity index (χ0n) is 15.3. The van der Waals surface area contributed by atoms with E-state index in [9.17, 15) is 4.79 Å². The lowest BCUT2D eigenvalue weighted by Gasteiger charge is -2.12. The van der Waals surface area contributed by atoms with E-state index in [4.69, 9.17) is 4.74 Å². The fourth-order valence-corrected chi connectivity index (χ4v) is 3.77. The summed E-state index contributed by atoms with van der Waals surface area (Å²) >= 11 is 1.41. The predicted molar refractivity (Wildman–Crippen MR) is 102 cm³/mol. The maximum absolute atomic E-state index is 12.5. The maximum atomic E-state index is 12.5. The fraction of sp³-hybridized carbons (Fsp3) is 0.368. The molecule has 140 valence electrons. The van der Waals surface area contributed by atoms with Crippen molar-refractivity contribution in [2.24, 2.45) is 0 Å². The van der Waals surface area contributed by atoms with Crippen molar-refractivity contribution in [3.8, 4) is 5.75 Å². The molecule has 0 aliphatic carbocycles. The summed E-state index contributed by atoms with van der Waals surface area (Å²) in [4.78, 5) is 16.9. The summed E-state index contributed by atoms with van der Waals surface area (Å²) in [6.45, 7) is 5.20. The van der Waals surface area contributed by atoms with Gasteiger partial charge < -0.3 is 14.6 Å². The first-order valence-electron chi connectivity index (χ1n) is 8.97. The standard InChI is InChI=1S/C19H21N5O2S/c1-12-5-7-14(8-6-12)26-10-17-21-15(11-27-17)19(25)20-13(2)18-23-22-16-4-3-9-24(16)18/h5-8,11,13H,3-4,9-10H2,1-2H3,(H,20,25)/t13-/m1/s1. The molecular formula is C19H21N5O2S. The molecular weight excluding hydrogens is 362 g/mol. The van der Waals surface area contributed by atoms with Crippen LogP contribution in [0.25, 0.3) is 0 Å². The van der Waals surface area contributed by atoms with Crippen molar-refractivity contribution >= 4 is 17.2 Å². The Morgan fingerprint density at radius 3 is 2.96 bits per heavy atom. The SMILES string of the molecule is Cc1ccc(OCc2nc(C(=O)N[C@H](C)c3nnc4n3CCC4)cs2)cc1. The van der Waals surface area contributed by atoms with Gasteiger partial charge in [-0.25, -0.2) is 4.98 Å². The minimum Gasteiger partial charge on any atom is -0.486 e. The van der Waals surface area contributed by atoms with Crippen LogP contribution >= 0.6 is 11.3 Å². The highest BCUT2D eigenvalue weighted by molar-refractivity contribution is 7.09. The highest BCUT2D eigenvalue weighted by Crippen LogP contribution is 2.20. The number of hydrogen-bond acceptors (Lipinski definition) is 6. The molecule has 1 N–H and O–H groups in total. The van der Waals surface area contributed by atoms with Crippen molar-refractivity contribution in [2.45, 2.75) is 45.9 Å². The smallest absolute Gasteiger partial charge is 0.271 e. The van der Waals surface area contributed by atoms with E-state index in [1.54, 1.807) is 5.38 Å². The van der Waals surface area contributed by atoms with E-state index in [2.05, 4.69) is 25.1 Å². The van der Waals surface area contributed by atoms with Crippen molar-refractivity contribution < 1.29 is 9.53 Å². The molecule has 3 aromatic rings. The Labute approximate surface area is 161 Å². The third-order valence-electron chi connectivity index (χ3n) is 4.54. The van der Waals surface area contributed by atoms with E-state index in [1.807, 2.05) is 38.1 Å². The molecule has 1 atom stereocenters. The van der Waals surface area contributed by atoms with Crippen molar-refractivity contribution in [1.29, 1.82) is 0 Å². The Morgan fingerprint density at radius 1 is 1.33 bits per heavy atom. The van der Waals surface area contributed by atoms with Crippen molar-refractivity contribution in [3.05, 3.63) is 57.6 Å². The molecule has 0 radical (unpaired) electrons. The van der Waals surface area contributed by atoms with Crippen LogP contribution in [0.15, 0.2) is 29.6 Å². The molecule has 0 spiro atoms. The number of rotatable bonds is 6. The average molecular weight is 383 g/mol. The van der Waals surface area contributed by atoms with Gasteiger partial charge in [-0.1, -0.05) is 17.7 Å². The zero-order chi connectivity index (χ0) is 18.8. The van der Waals surface area contributed by atoms with Crippen LogP contribution in [0.1, 0.15) is 52.1 Å². The van der Waals surface area contributed by atoms with E-state index in [0.717, 1.165) is 41.8 Å². The summed E-state index contributed by atoms with van der Waals surface area (Å²) < 4.78 is 7.82. The zero-order valence-corrected chi connectivity index (χ0v) is 16.1. The molecule has 8 heteroatoms. The van der Waals surface area contributed by atoms with E-state index in [-0.39, 0.29) is 11.9 Å². The number of ether oxygens (including phenoxy) is 1. The fourth-order valence-electron chi connectivity index (χ4n) is 3.09. The molecule has 0 saturated carbocycles. The molecule has 0 bridgehead atoms. The third kappa shape index (κ3) is 3.85. The summed E-state index contributed by atoms with van der Waals surface area (Å²) in [6.07, 6.45) is 2.03. The summed E-state index contributed by atoms with van der Waals surface area (Å²) in [5.74, 6) is 2.37. The Bertz CT molecular complexity index is 947. The summed E-state index contributed by atoms with van der Waals surface area (Å²) in [6, 6.07) is 7.63. The maximum Gasteiger partial charge on any atom is 0.271 e. The quantitative estimate of drug-likeness (QED) is 0.707. The van der Waals surface area contributed by atoms with Crippen LogP contribution in [0.5, 0.6) is 5.75 Å². The van der Waals surface area contributed by atoms with Gasteiger partial charge in [0, 0.05) is 18.3 Å². The molecule has 7 nitrogen and oxygen atoms in total. The van der Waals surface area contributed by atoms with Gasteiger partial charge in [-0.15, -0.1) is 21.5 Å². The Hall–Kier alpha value is -2.74. The number of aromatic nitrogens is 4. The molecule has 3 heterocycles. The summed E-state index contributed by atoms with van der Waals surface area (Å²) in [5, 5.41) is 13.9. The van der Waals surface area contributed by atoms with Crippen molar-refractivity contribution in [2.75, 3.05) is 0 Å². The van der Waals surface area contributed by atoms with Gasteiger partial charge in [0.15, 0.2) is 5.82 Å². The number of hydrogen-bond donors (Lipinski definition) is 1. The molecule has 4 rings (SSSR count). The van der Waals surface area contributed by atoms with Crippen LogP contribution in [-0.4, -0.2) is 25.7 Å². The number of carbonyl (C=O) groups excluding carboxylic acids is 1. The van der Waals surface area contributed by atoms with Gasteiger partial charge in [-0.3, -0.25) is 4.79 Å². The van der Waals surface area contributed by atoms with Gasteiger partial charge in [0.2, 0.25) is 0 Å². The number of nitrogens with zero attached hydrogens (tertiary/aromatic N) is 4. The van der Waals surface area contributed by atoms with Gasteiger partial charge in [-0.2, -0.15) is 0 Å².